The molecule has 2 heteroatoms. The molecule has 0 amide bonds. The van der Waals surface area contributed by atoms with Crippen molar-refractivity contribution in [2.24, 2.45) is 7.05 Å². The van der Waals surface area contributed by atoms with Gasteiger partial charge in [0.15, 0.2) is 0 Å². The quantitative estimate of drug-likeness (QED) is 0.750. The van der Waals surface area contributed by atoms with Crippen LogP contribution in [0.2, 0.25) is 0 Å². The standard InChI is InChI=1S/C20H25NO/c1-14(2)17-10-19-18(15(3)12-21(19)4)11-20(17)22-13-16-8-6-5-7-9-16/h6,8-12,14H,5,7,13H2,1-4H3. The Morgan fingerprint density at radius 1 is 1.23 bits per heavy atom. The second-order valence-corrected chi connectivity index (χ2v) is 6.53. The highest BCUT2D eigenvalue weighted by atomic mass is 16.5. The Kier molecular flexibility index (Phi) is 4.10. The summed E-state index contributed by atoms with van der Waals surface area (Å²) in [5, 5.41) is 1.29. The third-order valence-electron chi connectivity index (χ3n) is 4.41. The van der Waals surface area contributed by atoms with Gasteiger partial charge in [0, 0.05) is 24.1 Å². The van der Waals surface area contributed by atoms with Gasteiger partial charge < -0.3 is 9.30 Å². The fourth-order valence-electron chi connectivity index (χ4n) is 3.13. The molecule has 1 aliphatic rings. The maximum atomic E-state index is 6.18. The topological polar surface area (TPSA) is 14.2 Å². The first-order valence-corrected chi connectivity index (χ1v) is 8.14. The van der Waals surface area contributed by atoms with Gasteiger partial charge in [-0.15, -0.1) is 0 Å². The number of hydrogen-bond acceptors (Lipinski definition) is 1. The van der Waals surface area contributed by atoms with Crippen LogP contribution < -0.4 is 4.74 Å². The van der Waals surface area contributed by atoms with Crippen LogP contribution in [0.5, 0.6) is 5.75 Å². The third kappa shape index (κ3) is 2.83. The minimum Gasteiger partial charge on any atom is -0.489 e. The molecule has 1 heterocycles. The molecule has 116 valence electrons. The van der Waals surface area contributed by atoms with Crippen molar-refractivity contribution in [3.63, 3.8) is 0 Å². The maximum Gasteiger partial charge on any atom is 0.124 e. The van der Waals surface area contributed by atoms with E-state index in [-0.39, 0.29) is 0 Å². The lowest BCUT2D eigenvalue weighted by Gasteiger charge is -2.16. The van der Waals surface area contributed by atoms with Gasteiger partial charge in [0.2, 0.25) is 0 Å². The third-order valence-corrected chi connectivity index (χ3v) is 4.41. The van der Waals surface area contributed by atoms with Gasteiger partial charge in [0.1, 0.15) is 12.4 Å². The van der Waals surface area contributed by atoms with Crippen LogP contribution in [0.15, 0.2) is 42.1 Å². The molecular weight excluding hydrogens is 270 g/mol. The molecule has 0 aliphatic heterocycles. The van der Waals surface area contributed by atoms with Crippen LogP contribution in [0.3, 0.4) is 0 Å². The molecule has 1 aromatic heterocycles. The number of benzene rings is 1. The average molecular weight is 295 g/mol. The predicted octanol–water partition coefficient (Wildman–Crippen LogP) is 5.27. The number of fused-ring (bicyclic) bond motifs is 1. The molecular formula is C20H25NO. The fraction of sp³-hybridized carbons (Fsp3) is 0.400. The van der Waals surface area contributed by atoms with Crippen molar-refractivity contribution in [3.05, 3.63) is 53.3 Å². The second kappa shape index (κ2) is 6.04. The number of rotatable bonds is 4. The molecule has 0 N–H and O–H groups in total. The van der Waals surface area contributed by atoms with Crippen molar-refractivity contribution >= 4 is 10.9 Å². The van der Waals surface area contributed by atoms with Crippen molar-refractivity contribution < 1.29 is 4.74 Å². The van der Waals surface area contributed by atoms with E-state index in [2.05, 4.69) is 68.9 Å². The first kappa shape index (κ1) is 15.0. The largest absolute Gasteiger partial charge is 0.489 e. The molecule has 0 bridgehead atoms. The molecule has 0 radical (unpaired) electrons. The van der Waals surface area contributed by atoms with E-state index >= 15 is 0 Å². The summed E-state index contributed by atoms with van der Waals surface area (Å²) >= 11 is 0. The van der Waals surface area contributed by atoms with Gasteiger partial charge in [-0.05, 0) is 54.5 Å². The molecule has 1 aliphatic carbocycles. The minimum absolute atomic E-state index is 0.450. The van der Waals surface area contributed by atoms with Crippen LogP contribution in [0, 0.1) is 6.92 Å². The molecule has 0 unspecified atom stereocenters. The Morgan fingerprint density at radius 3 is 2.73 bits per heavy atom. The maximum absolute atomic E-state index is 6.18. The van der Waals surface area contributed by atoms with Gasteiger partial charge >= 0.3 is 0 Å². The van der Waals surface area contributed by atoms with E-state index in [1.165, 1.54) is 27.6 Å². The molecule has 22 heavy (non-hydrogen) atoms. The Labute approximate surface area is 133 Å². The van der Waals surface area contributed by atoms with Crippen LogP contribution in [-0.2, 0) is 7.05 Å². The fourth-order valence-corrected chi connectivity index (χ4v) is 3.13. The van der Waals surface area contributed by atoms with Crippen molar-refractivity contribution in [2.45, 2.75) is 39.5 Å². The minimum atomic E-state index is 0.450. The zero-order valence-electron chi connectivity index (χ0n) is 14.0. The van der Waals surface area contributed by atoms with E-state index in [0.717, 1.165) is 18.6 Å². The number of nitrogens with zero attached hydrogens (tertiary/aromatic N) is 1. The second-order valence-electron chi connectivity index (χ2n) is 6.53. The molecule has 0 atom stereocenters. The number of allylic oxidation sites excluding steroid dienone is 2. The Bertz CT molecular complexity index is 747. The van der Waals surface area contributed by atoms with E-state index in [4.69, 9.17) is 4.74 Å². The highest BCUT2D eigenvalue weighted by Crippen LogP contribution is 2.33. The predicted molar refractivity (Wildman–Crippen MR) is 93.7 cm³/mol. The highest BCUT2D eigenvalue weighted by molar-refractivity contribution is 5.86. The SMILES string of the molecule is Cc1cn(C)c2cc(C(C)C)c(OCC3=CCCC=C3)cc12. The van der Waals surface area contributed by atoms with Crippen molar-refractivity contribution in [1.82, 2.24) is 4.57 Å². The number of ether oxygens (including phenoxy) is 1. The monoisotopic (exact) mass is 295 g/mol. The van der Waals surface area contributed by atoms with Gasteiger partial charge in [-0.3, -0.25) is 0 Å². The zero-order chi connectivity index (χ0) is 15.7. The summed E-state index contributed by atoms with van der Waals surface area (Å²) in [6.45, 7) is 7.27. The Morgan fingerprint density at radius 2 is 2.05 bits per heavy atom. The molecule has 0 saturated heterocycles. The summed E-state index contributed by atoms with van der Waals surface area (Å²) in [7, 11) is 2.11. The number of hydrogen-bond donors (Lipinski definition) is 0. The van der Waals surface area contributed by atoms with E-state index in [1.807, 2.05) is 0 Å². The Balaban J connectivity index is 1.95. The highest BCUT2D eigenvalue weighted by Gasteiger charge is 2.13. The molecule has 2 nitrogen and oxygen atoms in total. The number of aromatic nitrogens is 1. The summed E-state index contributed by atoms with van der Waals surface area (Å²) in [6.07, 6.45) is 11.2. The Hall–Kier alpha value is -1.96. The summed E-state index contributed by atoms with van der Waals surface area (Å²) in [5.41, 5.74) is 5.15. The van der Waals surface area contributed by atoms with Crippen LogP contribution in [0.25, 0.3) is 10.9 Å². The molecule has 3 rings (SSSR count). The lowest BCUT2D eigenvalue weighted by Crippen LogP contribution is -2.04. The van der Waals surface area contributed by atoms with E-state index < -0.39 is 0 Å². The summed E-state index contributed by atoms with van der Waals surface area (Å²) in [5.74, 6) is 1.47. The van der Waals surface area contributed by atoms with Gasteiger partial charge in [-0.25, -0.2) is 0 Å². The van der Waals surface area contributed by atoms with E-state index in [0.29, 0.717) is 12.5 Å². The molecule has 2 aromatic rings. The van der Waals surface area contributed by atoms with Crippen LogP contribution in [-0.4, -0.2) is 11.2 Å². The summed E-state index contributed by atoms with van der Waals surface area (Å²) in [6, 6.07) is 4.50. The average Bonchev–Trinajstić information content (AvgIpc) is 2.79. The van der Waals surface area contributed by atoms with Crippen molar-refractivity contribution in [3.8, 4) is 5.75 Å². The lowest BCUT2D eigenvalue weighted by molar-refractivity contribution is 0.350. The first-order chi connectivity index (χ1) is 10.6. The van der Waals surface area contributed by atoms with E-state index in [1.54, 1.807) is 0 Å². The molecule has 0 fully saturated rings. The smallest absolute Gasteiger partial charge is 0.124 e. The lowest BCUT2D eigenvalue weighted by atomic mass is 9.99. The van der Waals surface area contributed by atoms with Gasteiger partial charge in [-0.1, -0.05) is 32.1 Å². The summed E-state index contributed by atoms with van der Waals surface area (Å²) < 4.78 is 8.38. The molecule has 0 saturated carbocycles. The van der Waals surface area contributed by atoms with Gasteiger partial charge in [0.25, 0.3) is 0 Å². The summed E-state index contributed by atoms with van der Waals surface area (Å²) in [4.78, 5) is 0. The molecule has 1 aromatic carbocycles. The van der Waals surface area contributed by atoms with Crippen LogP contribution in [0.4, 0.5) is 0 Å². The van der Waals surface area contributed by atoms with Crippen LogP contribution >= 0.6 is 0 Å². The van der Waals surface area contributed by atoms with Crippen LogP contribution in [0.1, 0.15) is 43.7 Å². The zero-order valence-corrected chi connectivity index (χ0v) is 14.0. The number of aryl methyl sites for hydroxylation is 2. The normalized spacial score (nSPS) is 14.7. The first-order valence-electron chi connectivity index (χ1n) is 8.14. The molecule has 0 spiro atoms. The van der Waals surface area contributed by atoms with Gasteiger partial charge in [-0.2, -0.15) is 0 Å². The van der Waals surface area contributed by atoms with E-state index in [9.17, 15) is 0 Å². The van der Waals surface area contributed by atoms with Crippen molar-refractivity contribution in [1.29, 1.82) is 0 Å². The van der Waals surface area contributed by atoms with Crippen molar-refractivity contribution in [2.75, 3.05) is 6.61 Å². The van der Waals surface area contributed by atoms with Gasteiger partial charge in [0.05, 0.1) is 0 Å².